The molecule has 1 aromatic carbocycles. The number of ether oxygens (including phenoxy) is 1. The van der Waals surface area contributed by atoms with Crippen molar-refractivity contribution in [3.63, 3.8) is 0 Å². The predicted octanol–water partition coefficient (Wildman–Crippen LogP) is 3.23. The molecule has 1 saturated carbocycles. The van der Waals surface area contributed by atoms with Crippen molar-refractivity contribution in [2.45, 2.75) is 38.5 Å². The topological polar surface area (TPSA) is 36.9 Å². The van der Waals surface area contributed by atoms with Crippen molar-refractivity contribution in [2.24, 2.45) is 10.4 Å². The van der Waals surface area contributed by atoms with Crippen molar-refractivity contribution in [1.29, 1.82) is 0 Å². The second-order valence-electron chi connectivity index (χ2n) is 7.29. The van der Waals surface area contributed by atoms with Gasteiger partial charge in [0.25, 0.3) is 0 Å². The average molecular weight is 441 g/mol. The van der Waals surface area contributed by atoms with E-state index in [1.807, 2.05) is 7.05 Å². The molecule has 1 N–H and O–H groups in total. The number of rotatable bonds is 3. The molecule has 3 aliphatic rings. The quantitative estimate of drug-likeness (QED) is 0.445. The van der Waals surface area contributed by atoms with Crippen LogP contribution in [0.4, 0.5) is 0 Å². The first-order valence-corrected chi connectivity index (χ1v) is 8.98. The Morgan fingerprint density at radius 3 is 2.92 bits per heavy atom. The molecular weight excluding hydrogens is 413 g/mol. The van der Waals surface area contributed by atoms with Crippen molar-refractivity contribution >= 4 is 29.9 Å². The zero-order chi connectivity index (χ0) is 15.7. The van der Waals surface area contributed by atoms with Crippen molar-refractivity contribution in [1.82, 2.24) is 10.2 Å². The number of nitrogens with zero attached hydrogens (tertiary/aromatic N) is 2. The van der Waals surface area contributed by atoms with Crippen LogP contribution in [-0.2, 0) is 12.8 Å². The molecule has 1 spiro atoms. The number of halogens is 1. The number of benzene rings is 1. The molecule has 4 nitrogen and oxygen atoms in total. The summed E-state index contributed by atoms with van der Waals surface area (Å²) in [5.41, 5.74) is 3.37. The lowest BCUT2D eigenvalue weighted by atomic mass is 9.68. The fourth-order valence-electron chi connectivity index (χ4n) is 4.25. The van der Waals surface area contributed by atoms with Crippen LogP contribution in [0, 0.1) is 5.41 Å². The summed E-state index contributed by atoms with van der Waals surface area (Å²) in [6.45, 7) is 4.13. The minimum absolute atomic E-state index is 0. The Hall–Kier alpha value is -0.980. The Bertz CT molecular complexity index is 613. The van der Waals surface area contributed by atoms with Gasteiger partial charge >= 0.3 is 0 Å². The van der Waals surface area contributed by atoms with E-state index in [9.17, 15) is 0 Å². The van der Waals surface area contributed by atoms with Crippen LogP contribution < -0.4 is 10.1 Å². The third kappa shape index (κ3) is 3.51. The van der Waals surface area contributed by atoms with Gasteiger partial charge in [-0.2, -0.15) is 0 Å². The molecule has 1 aromatic rings. The molecule has 2 heterocycles. The van der Waals surface area contributed by atoms with Gasteiger partial charge < -0.3 is 15.0 Å². The van der Waals surface area contributed by atoms with Crippen LogP contribution in [0.15, 0.2) is 23.2 Å². The second kappa shape index (κ2) is 7.50. The van der Waals surface area contributed by atoms with Gasteiger partial charge in [0.15, 0.2) is 5.96 Å². The van der Waals surface area contributed by atoms with Crippen molar-refractivity contribution < 1.29 is 4.74 Å². The van der Waals surface area contributed by atoms with Crippen molar-refractivity contribution in [2.75, 3.05) is 33.3 Å². The van der Waals surface area contributed by atoms with Crippen molar-refractivity contribution in [3.05, 3.63) is 29.3 Å². The molecule has 1 saturated heterocycles. The van der Waals surface area contributed by atoms with Crippen LogP contribution in [-0.4, -0.2) is 44.1 Å². The van der Waals surface area contributed by atoms with Gasteiger partial charge in [-0.05, 0) is 48.3 Å². The molecule has 24 heavy (non-hydrogen) atoms. The standard InChI is InChI=1S/C19H27N3O.HI/c1-20-18(22-11-9-19(14-22)7-2-8-19)21-10-5-15-3-4-17-16(13-15)6-12-23-17;/h3-4,13H,2,5-12,14H2,1H3,(H,20,21);1H. The van der Waals surface area contributed by atoms with Gasteiger partial charge in [-0.25, -0.2) is 0 Å². The summed E-state index contributed by atoms with van der Waals surface area (Å²) in [5, 5.41) is 3.56. The molecule has 2 fully saturated rings. The first kappa shape index (κ1) is 17.8. The molecule has 0 atom stereocenters. The number of guanidine groups is 1. The minimum atomic E-state index is 0. The zero-order valence-electron chi connectivity index (χ0n) is 14.5. The smallest absolute Gasteiger partial charge is 0.193 e. The van der Waals surface area contributed by atoms with Gasteiger partial charge in [0.2, 0.25) is 0 Å². The number of likely N-dealkylation sites (tertiary alicyclic amines) is 1. The summed E-state index contributed by atoms with van der Waals surface area (Å²) in [7, 11) is 1.90. The Labute approximate surface area is 162 Å². The van der Waals surface area contributed by atoms with E-state index < -0.39 is 0 Å². The van der Waals surface area contributed by atoms with Crippen LogP contribution in [0.1, 0.15) is 36.8 Å². The van der Waals surface area contributed by atoms with E-state index in [1.54, 1.807) is 0 Å². The third-order valence-electron chi connectivity index (χ3n) is 5.81. The molecule has 1 aliphatic carbocycles. The van der Waals surface area contributed by atoms with Crippen LogP contribution in [0.5, 0.6) is 5.75 Å². The Morgan fingerprint density at radius 2 is 2.21 bits per heavy atom. The monoisotopic (exact) mass is 441 g/mol. The minimum Gasteiger partial charge on any atom is -0.493 e. The maximum atomic E-state index is 5.58. The summed E-state index contributed by atoms with van der Waals surface area (Å²) in [4.78, 5) is 6.95. The van der Waals surface area contributed by atoms with E-state index in [2.05, 4.69) is 33.4 Å². The highest BCUT2D eigenvalue weighted by Crippen LogP contribution is 2.47. The van der Waals surface area contributed by atoms with Crippen LogP contribution in [0.25, 0.3) is 0 Å². The number of hydrogen-bond acceptors (Lipinski definition) is 2. The molecule has 2 aliphatic heterocycles. The summed E-state index contributed by atoms with van der Waals surface area (Å²) in [5.74, 6) is 2.15. The molecule has 4 rings (SSSR count). The highest BCUT2D eigenvalue weighted by atomic mass is 127. The number of hydrogen-bond donors (Lipinski definition) is 1. The SMILES string of the molecule is CN=C(NCCc1ccc2c(c1)CCO2)N1CCC2(CCC2)C1.I. The largest absolute Gasteiger partial charge is 0.493 e. The normalized spacial score (nSPS) is 21.0. The molecule has 0 bridgehead atoms. The molecule has 0 radical (unpaired) electrons. The third-order valence-corrected chi connectivity index (χ3v) is 5.81. The van der Waals surface area contributed by atoms with Gasteiger partial charge in [0.05, 0.1) is 6.61 Å². The van der Waals surface area contributed by atoms with E-state index in [4.69, 9.17) is 4.74 Å². The Balaban J connectivity index is 0.00000169. The number of fused-ring (bicyclic) bond motifs is 1. The number of aliphatic imine (C=N–C) groups is 1. The lowest BCUT2D eigenvalue weighted by Crippen LogP contribution is -2.43. The van der Waals surface area contributed by atoms with E-state index in [0.717, 1.165) is 44.2 Å². The van der Waals surface area contributed by atoms with Gasteiger partial charge in [0.1, 0.15) is 5.75 Å². The first-order valence-electron chi connectivity index (χ1n) is 8.98. The lowest BCUT2D eigenvalue weighted by Gasteiger charge is -2.38. The Kier molecular flexibility index (Phi) is 5.57. The van der Waals surface area contributed by atoms with Gasteiger partial charge in [-0.1, -0.05) is 18.6 Å². The zero-order valence-corrected chi connectivity index (χ0v) is 16.8. The van der Waals surface area contributed by atoms with Crippen molar-refractivity contribution in [3.8, 4) is 5.75 Å². The van der Waals surface area contributed by atoms with Gasteiger partial charge in [-0.15, -0.1) is 24.0 Å². The summed E-state index contributed by atoms with van der Waals surface area (Å²) in [6.07, 6.45) is 7.68. The van der Waals surface area contributed by atoms with E-state index in [-0.39, 0.29) is 24.0 Å². The highest BCUT2D eigenvalue weighted by molar-refractivity contribution is 14.0. The Morgan fingerprint density at radius 1 is 1.33 bits per heavy atom. The summed E-state index contributed by atoms with van der Waals surface area (Å²) in [6, 6.07) is 6.60. The highest BCUT2D eigenvalue weighted by Gasteiger charge is 2.43. The molecule has 0 amide bonds. The molecule has 5 heteroatoms. The second-order valence-corrected chi connectivity index (χ2v) is 7.29. The predicted molar refractivity (Wildman–Crippen MR) is 109 cm³/mol. The van der Waals surface area contributed by atoms with E-state index in [1.165, 1.54) is 43.4 Å². The fraction of sp³-hybridized carbons (Fsp3) is 0.632. The molecular formula is C19H28IN3O. The first-order chi connectivity index (χ1) is 11.3. The summed E-state index contributed by atoms with van der Waals surface area (Å²) < 4.78 is 5.58. The maximum Gasteiger partial charge on any atom is 0.193 e. The fourth-order valence-corrected chi connectivity index (χ4v) is 4.25. The van der Waals surface area contributed by atoms with Crippen LogP contribution >= 0.6 is 24.0 Å². The maximum absolute atomic E-state index is 5.58. The molecule has 132 valence electrons. The van der Waals surface area contributed by atoms with Crippen LogP contribution in [0.3, 0.4) is 0 Å². The van der Waals surface area contributed by atoms with Gasteiger partial charge in [0, 0.05) is 33.1 Å². The lowest BCUT2D eigenvalue weighted by molar-refractivity contribution is 0.151. The van der Waals surface area contributed by atoms with E-state index in [0.29, 0.717) is 5.41 Å². The van der Waals surface area contributed by atoms with Gasteiger partial charge in [-0.3, -0.25) is 4.99 Å². The summed E-state index contributed by atoms with van der Waals surface area (Å²) >= 11 is 0. The average Bonchev–Trinajstić information content (AvgIpc) is 3.17. The molecule has 0 unspecified atom stereocenters. The molecule has 0 aromatic heterocycles. The van der Waals surface area contributed by atoms with Crippen LogP contribution in [0.2, 0.25) is 0 Å². The number of nitrogens with one attached hydrogen (secondary N) is 1. The van der Waals surface area contributed by atoms with E-state index >= 15 is 0 Å².